The van der Waals surface area contributed by atoms with Crippen molar-refractivity contribution in [3.8, 4) is 0 Å². The molecule has 0 radical (unpaired) electrons. The number of fused-ring (bicyclic) bond motifs is 1. The lowest BCUT2D eigenvalue weighted by Gasteiger charge is -2.31. The lowest BCUT2D eigenvalue weighted by Crippen LogP contribution is -2.47. The van der Waals surface area contributed by atoms with E-state index in [0.717, 1.165) is 27.9 Å². The van der Waals surface area contributed by atoms with Crippen LogP contribution >= 0.6 is 34.4 Å². The third kappa shape index (κ3) is 4.29. The fourth-order valence-electron chi connectivity index (χ4n) is 3.34. The first kappa shape index (κ1) is 19.8. The summed E-state index contributed by atoms with van der Waals surface area (Å²) in [6.45, 7) is 0.933. The number of benzene rings is 1. The van der Waals surface area contributed by atoms with Gasteiger partial charge in [0.15, 0.2) is 5.78 Å². The highest BCUT2D eigenvalue weighted by molar-refractivity contribution is 14.1. The molecule has 0 spiro atoms. The number of carbonyl (C=O) groups excluding carboxylic acids is 1. The molecule has 6 nitrogen and oxygen atoms in total. The molecule has 2 heterocycles. The van der Waals surface area contributed by atoms with Crippen LogP contribution in [-0.4, -0.2) is 47.4 Å². The molecule has 8 heteroatoms. The van der Waals surface area contributed by atoms with E-state index < -0.39 is 0 Å². The van der Waals surface area contributed by atoms with Crippen molar-refractivity contribution in [2.24, 2.45) is 0 Å². The summed E-state index contributed by atoms with van der Waals surface area (Å²) < 4.78 is 7.95. The predicted octanol–water partition coefficient (Wildman–Crippen LogP) is 2.45. The highest BCUT2D eigenvalue weighted by atomic mass is 127. The summed E-state index contributed by atoms with van der Waals surface area (Å²) in [5, 5.41) is 3.90. The van der Waals surface area contributed by atoms with E-state index in [2.05, 4.69) is 32.9 Å². The van der Waals surface area contributed by atoms with Gasteiger partial charge < -0.3 is 10.1 Å². The number of hydrogen-bond acceptors (Lipinski definition) is 6. The van der Waals surface area contributed by atoms with E-state index in [1.807, 2.05) is 18.4 Å². The molecular weight excluding hydrogens is 465 g/mol. The topological polar surface area (TPSA) is 73.2 Å². The van der Waals surface area contributed by atoms with Crippen LogP contribution in [0.5, 0.6) is 0 Å². The van der Waals surface area contributed by atoms with Gasteiger partial charge >= 0.3 is 0 Å². The number of methoxy groups -OCH3 is 1. The van der Waals surface area contributed by atoms with E-state index in [9.17, 15) is 9.59 Å². The van der Waals surface area contributed by atoms with Crippen LogP contribution in [0.1, 0.15) is 19.3 Å². The van der Waals surface area contributed by atoms with Crippen LogP contribution in [-0.2, 0) is 16.1 Å². The Labute approximate surface area is 170 Å². The molecule has 1 aromatic carbocycles. The SMILES string of the molecule is CO[C@H]1CCCN[C@@H]1CC(=O)Cn1cnc2cc(I)c(SC)cc2c1=O. The largest absolute Gasteiger partial charge is 0.380 e. The Morgan fingerprint density at radius 3 is 3.04 bits per heavy atom. The van der Waals surface area contributed by atoms with Gasteiger partial charge in [0.2, 0.25) is 0 Å². The minimum Gasteiger partial charge on any atom is -0.380 e. The number of aromatic nitrogens is 2. The Morgan fingerprint density at radius 1 is 1.50 bits per heavy atom. The molecule has 26 heavy (non-hydrogen) atoms. The van der Waals surface area contributed by atoms with Crippen LogP contribution in [0.2, 0.25) is 0 Å². The van der Waals surface area contributed by atoms with Gasteiger partial charge in [-0.2, -0.15) is 0 Å². The van der Waals surface area contributed by atoms with E-state index >= 15 is 0 Å². The highest BCUT2D eigenvalue weighted by Crippen LogP contribution is 2.25. The quantitative estimate of drug-likeness (QED) is 0.499. The average Bonchev–Trinajstić information content (AvgIpc) is 2.64. The van der Waals surface area contributed by atoms with Gasteiger partial charge in [0.1, 0.15) is 0 Å². The Kier molecular flexibility index (Phi) is 6.70. The lowest BCUT2D eigenvalue weighted by atomic mass is 9.96. The number of ether oxygens (including phenoxy) is 1. The van der Waals surface area contributed by atoms with Crippen LogP contribution < -0.4 is 10.9 Å². The van der Waals surface area contributed by atoms with E-state index in [1.54, 1.807) is 18.9 Å². The van der Waals surface area contributed by atoms with Crippen molar-refractivity contribution in [3.05, 3.63) is 32.4 Å². The Bertz CT molecular complexity index is 871. The van der Waals surface area contributed by atoms with Crippen molar-refractivity contribution in [3.63, 3.8) is 0 Å². The second-order valence-corrected chi connectivity index (χ2v) is 8.41. The third-order valence-corrected chi connectivity index (χ3v) is 6.75. The Hall–Kier alpha value is -0.970. The molecule has 0 aliphatic carbocycles. The number of thioether (sulfide) groups is 1. The zero-order chi connectivity index (χ0) is 18.7. The van der Waals surface area contributed by atoms with Crippen molar-refractivity contribution >= 4 is 51.0 Å². The average molecular weight is 487 g/mol. The van der Waals surface area contributed by atoms with Gasteiger partial charge in [-0.3, -0.25) is 14.2 Å². The van der Waals surface area contributed by atoms with Gasteiger partial charge in [0, 0.05) is 28.0 Å². The van der Waals surface area contributed by atoms with Crippen LogP contribution in [0, 0.1) is 3.57 Å². The molecular formula is C18H22IN3O3S. The molecule has 1 aromatic heterocycles. The molecule has 0 amide bonds. The molecule has 0 unspecified atom stereocenters. The van der Waals surface area contributed by atoms with Crippen molar-refractivity contribution in [2.45, 2.75) is 42.8 Å². The van der Waals surface area contributed by atoms with Crippen LogP contribution in [0.25, 0.3) is 10.9 Å². The van der Waals surface area contributed by atoms with Crippen LogP contribution in [0.4, 0.5) is 0 Å². The first-order valence-corrected chi connectivity index (χ1v) is 10.8. The zero-order valence-electron chi connectivity index (χ0n) is 14.8. The fraction of sp³-hybridized carbons (Fsp3) is 0.500. The molecule has 0 bridgehead atoms. The summed E-state index contributed by atoms with van der Waals surface area (Å²) in [7, 11) is 1.68. The smallest absolute Gasteiger partial charge is 0.261 e. The van der Waals surface area contributed by atoms with E-state index in [0.29, 0.717) is 17.3 Å². The minimum atomic E-state index is -0.171. The number of rotatable bonds is 6. The second kappa shape index (κ2) is 8.81. The molecule has 1 saturated heterocycles. The third-order valence-electron chi connectivity index (χ3n) is 4.72. The summed E-state index contributed by atoms with van der Waals surface area (Å²) >= 11 is 3.83. The molecule has 1 aliphatic rings. The highest BCUT2D eigenvalue weighted by Gasteiger charge is 2.26. The molecule has 1 aliphatic heterocycles. The first-order chi connectivity index (χ1) is 12.5. The maximum Gasteiger partial charge on any atom is 0.261 e. The number of hydrogen-bond donors (Lipinski definition) is 1. The molecule has 2 atom stereocenters. The summed E-state index contributed by atoms with van der Waals surface area (Å²) in [5.74, 6) is 0.00491. The van der Waals surface area contributed by atoms with Crippen molar-refractivity contribution in [1.82, 2.24) is 14.9 Å². The van der Waals surface area contributed by atoms with Gasteiger partial charge in [-0.15, -0.1) is 11.8 Å². The second-order valence-electron chi connectivity index (χ2n) is 6.40. The van der Waals surface area contributed by atoms with E-state index in [1.165, 1.54) is 10.9 Å². The number of nitrogens with one attached hydrogen (secondary N) is 1. The molecule has 3 rings (SSSR count). The van der Waals surface area contributed by atoms with Crippen molar-refractivity contribution in [1.29, 1.82) is 0 Å². The van der Waals surface area contributed by atoms with Gasteiger partial charge in [0.05, 0.1) is 29.9 Å². The van der Waals surface area contributed by atoms with Gasteiger partial charge in [-0.05, 0) is 60.4 Å². The summed E-state index contributed by atoms with van der Waals surface area (Å²) in [6.07, 6.45) is 5.85. The maximum absolute atomic E-state index is 12.8. The van der Waals surface area contributed by atoms with E-state index in [4.69, 9.17) is 4.74 Å². The standard InChI is InChI=1S/C18H22IN3O3S/c1-25-16-4-3-5-20-15(16)6-11(23)9-22-10-21-14-8-13(19)17(26-2)7-12(14)18(22)24/h7-8,10,15-16,20H,3-6,9H2,1-2H3/t15-,16+/m1/s1. The fourth-order valence-corrected chi connectivity index (χ4v) is 4.94. The number of carbonyl (C=O) groups is 1. The molecule has 1 N–H and O–H groups in total. The summed E-state index contributed by atoms with van der Waals surface area (Å²) in [6, 6.07) is 3.78. The number of ketones is 1. The minimum absolute atomic E-state index is 0.00491. The zero-order valence-corrected chi connectivity index (χ0v) is 17.8. The normalized spacial score (nSPS) is 20.4. The molecule has 140 valence electrons. The van der Waals surface area contributed by atoms with Crippen molar-refractivity contribution < 1.29 is 9.53 Å². The molecule has 2 aromatic rings. The summed E-state index contributed by atoms with van der Waals surface area (Å²) in [4.78, 5) is 30.7. The first-order valence-electron chi connectivity index (χ1n) is 8.54. The number of Topliss-reactive ketones (excluding diaryl/α,β-unsaturated/α-hetero) is 1. The van der Waals surface area contributed by atoms with Crippen LogP contribution in [0.15, 0.2) is 28.2 Å². The lowest BCUT2D eigenvalue weighted by molar-refractivity contribution is -0.121. The van der Waals surface area contributed by atoms with E-state index in [-0.39, 0.29) is 30.0 Å². The maximum atomic E-state index is 12.8. The Morgan fingerprint density at radius 2 is 2.31 bits per heavy atom. The Balaban J connectivity index is 1.80. The number of piperidine rings is 1. The van der Waals surface area contributed by atoms with Crippen LogP contribution in [0.3, 0.4) is 0 Å². The van der Waals surface area contributed by atoms with Gasteiger partial charge in [-0.1, -0.05) is 0 Å². The van der Waals surface area contributed by atoms with Gasteiger partial charge in [0.25, 0.3) is 5.56 Å². The molecule has 0 saturated carbocycles. The summed E-state index contributed by atoms with van der Waals surface area (Å²) in [5.41, 5.74) is 0.490. The number of nitrogens with zero attached hydrogens (tertiary/aromatic N) is 2. The monoisotopic (exact) mass is 487 g/mol. The molecule has 1 fully saturated rings. The number of halogens is 1. The predicted molar refractivity (Wildman–Crippen MR) is 112 cm³/mol. The van der Waals surface area contributed by atoms with Gasteiger partial charge in [-0.25, -0.2) is 4.98 Å². The van der Waals surface area contributed by atoms with Crippen molar-refractivity contribution in [2.75, 3.05) is 19.9 Å².